The predicted octanol–water partition coefficient (Wildman–Crippen LogP) is 3.49. The van der Waals surface area contributed by atoms with Crippen LogP contribution in [0.3, 0.4) is 0 Å². The van der Waals surface area contributed by atoms with Crippen molar-refractivity contribution in [2.24, 2.45) is 0 Å². The maximum atomic E-state index is 13.5. The minimum Gasteiger partial charge on any atom is -0.486 e. The number of carbonyl (C=O) groups excluding carboxylic acids is 1. The van der Waals surface area contributed by atoms with Gasteiger partial charge in [0.1, 0.15) is 19.0 Å². The normalized spacial score (nSPS) is 12.8. The zero-order valence-electron chi connectivity index (χ0n) is 12.5. The zero-order valence-corrected chi connectivity index (χ0v) is 13.2. The Labute approximate surface area is 138 Å². The highest BCUT2D eigenvalue weighted by molar-refractivity contribution is 6.32. The number of halogens is 2. The summed E-state index contributed by atoms with van der Waals surface area (Å²) < 4.78 is 24.5. The lowest BCUT2D eigenvalue weighted by molar-refractivity contribution is 0.0950. The van der Waals surface area contributed by atoms with Crippen molar-refractivity contribution < 1.29 is 18.7 Å². The van der Waals surface area contributed by atoms with Crippen LogP contribution in [0.5, 0.6) is 11.5 Å². The number of aryl methyl sites for hydroxylation is 1. The van der Waals surface area contributed by atoms with Gasteiger partial charge in [0.15, 0.2) is 11.5 Å². The minimum absolute atomic E-state index is 0.255. The largest absolute Gasteiger partial charge is 0.486 e. The van der Waals surface area contributed by atoms with Crippen LogP contribution in [0.1, 0.15) is 21.5 Å². The molecule has 0 spiro atoms. The van der Waals surface area contributed by atoms with E-state index in [0.717, 1.165) is 5.56 Å². The van der Waals surface area contributed by atoms with Crippen LogP contribution in [-0.4, -0.2) is 19.1 Å². The second-order valence-electron chi connectivity index (χ2n) is 5.25. The third-order valence-corrected chi connectivity index (χ3v) is 3.82. The molecule has 1 N–H and O–H groups in total. The molecule has 1 aliphatic rings. The van der Waals surface area contributed by atoms with E-state index in [1.54, 1.807) is 31.2 Å². The molecule has 2 aromatic carbocycles. The molecular weight excluding hydrogens is 321 g/mol. The number of nitrogens with one attached hydrogen (secondary N) is 1. The van der Waals surface area contributed by atoms with Gasteiger partial charge in [0, 0.05) is 12.1 Å². The highest BCUT2D eigenvalue weighted by Gasteiger charge is 2.17. The van der Waals surface area contributed by atoms with Crippen molar-refractivity contribution in [3.8, 4) is 11.5 Å². The van der Waals surface area contributed by atoms with E-state index in [1.165, 1.54) is 6.07 Å². The molecule has 23 heavy (non-hydrogen) atoms. The Morgan fingerprint density at radius 3 is 2.83 bits per heavy atom. The van der Waals surface area contributed by atoms with Gasteiger partial charge in [-0.15, -0.1) is 0 Å². The second kappa shape index (κ2) is 6.46. The summed E-state index contributed by atoms with van der Waals surface area (Å²) in [6, 6.07) is 7.87. The molecule has 0 aliphatic carbocycles. The number of ether oxygens (including phenoxy) is 2. The SMILES string of the molecule is Cc1ccc(C(=O)NCc2cc(Cl)c3c(c2)OCCO3)cc1F. The third-order valence-electron chi connectivity index (χ3n) is 3.54. The molecule has 1 heterocycles. The Morgan fingerprint density at radius 1 is 1.26 bits per heavy atom. The van der Waals surface area contributed by atoms with Gasteiger partial charge < -0.3 is 14.8 Å². The molecule has 0 radical (unpaired) electrons. The number of benzene rings is 2. The average molecular weight is 336 g/mol. The molecule has 0 atom stereocenters. The average Bonchev–Trinajstić information content (AvgIpc) is 2.55. The molecule has 120 valence electrons. The van der Waals surface area contributed by atoms with Gasteiger partial charge in [0.2, 0.25) is 0 Å². The quantitative estimate of drug-likeness (QED) is 0.934. The lowest BCUT2D eigenvalue weighted by Crippen LogP contribution is -2.23. The fourth-order valence-corrected chi connectivity index (χ4v) is 2.57. The van der Waals surface area contributed by atoms with Crippen LogP contribution in [0.25, 0.3) is 0 Å². The van der Waals surface area contributed by atoms with E-state index in [1.807, 2.05) is 0 Å². The number of rotatable bonds is 3. The van der Waals surface area contributed by atoms with Crippen molar-refractivity contribution >= 4 is 17.5 Å². The lowest BCUT2D eigenvalue weighted by Gasteiger charge is -2.20. The minimum atomic E-state index is -0.403. The maximum Gasteiger partial charge on any atom is 0.251 e. The summed E-state index contributed by atoms with van der Waals surface area (Å²) in [6.07, 6.45) is 0. The van der Waals surface area contributed by atoms with Crippen molar-refractivity contribution in [1.82, 2.24) is 5.32 Å². The van der Waals surface area contributed by atoms with Crippen LogP contribution in [0.4, 0.5) is 4.39 Å². The fourth-order valence-electron chi connectivity index (χ4n) is 2.28. The number of hydrogen-bond acceptors (Lipinski definition) is 3. The van der Waals surface area contributed by atoms with E-state index in [0.29, 0.717) is 35.3 Å². The molecule has 0 saturated carbocycles. The van der Waals surface area contributed by atoms with Crippen LogP contribution in [-0.2, 0) is 6.54 Å². The van der Waals surface area contributed by atoms with Crippen LogP contribution >= 0.6 is 11.6 Å². The first-order valence-electron chi connectivity index (χ1n) is 7.17. The summed E-state index contributed by atoms with van der Waals surface area (Å²) >= 11 is 6.15. The van der Waals surface area contributed by atoms with Crippen LogP contribution in [0.2, 0.25) is 5.02 Å². The van der Waals surface area contributed by atoms with Crippen molar-refractivity contribution in [1.29, 1.82) is 0 Å². The number of amides is 1. The monoisotopic (exact) mass is 335 g/mol. The zero-order chi connectivity index (χ0) is 16.4. The van der Waals surface area contributed by atoms with E-state index >= 15 is 0 Å². The summed E-state index contributed by atoms with van der Waals surface area (Å²) in [5, 5.41) is 3.17. The molecule has 3 rings (SSSR count). The molecule has 0 unspecified atom stereocenters. The summed E-state index contributed by atoms with van der Waals surface area (Å²) in [4.78, 5) is 12.1. The van der Waals surface area contributed by atoms with Gasteiger partial charge in [-0.05, 0) is 42.3 Å². The van der Waals surface area contributed by atoms with Crippen molar-refractivity contribution in [2.75, 3.05) is 13.2 Å². The van der Waals surface area contributed by atoms with E-state index in [4.69, 9.17) is 21.1 Å². The highest BCUT2D eigenvalue weighted by Crippen LogP contribution is 2.38. The molecule has 6 heteroatoms. The predicted molar refractivity (Wildman–Crippen MR) is 84.7 cm³/mol. The number of carbonyl (C=O) groups is 1. The van der Waals surface area contributed by atoms with E-state index in [2.05, 4.69) is 5.32 Å². The van der Waals surface area contributed by atoms with E-state index < -0.39 is 5.82 Å². The van der Waals surface area contributed by atoms with Crippen LogP contribution in [0, 0.1) is 12.7 Å². The first-order valence-corrected chi connectivity index (χ1v) is 7.55. The van der Waals surface area contributed by atoms with Gasteiger partial charge in [0.25, 0.3) is 5.91 Å². The standard InChI is InChI=1S/C17H15ClFNO3/c1-10-2-3-12(8-14(10)19)17(21)20-9-11-6-13(18)16-15(7-11)22-4-5-23-16/h2-3,6-8H,4-5,9H2,1H3,(H,20,21). The fraction of sp³-hybridized carbons (Fsp3) is 0.235. The maximum absolute atomic E-state index is 13.5. The highest BCUT2D eigenvalue weighted by atomic mass is 35.5. The first-order chi connectivity index (χ1) is 11.0. The molecule has 0 aromatic heterocycles. The van der Waals surface area contributed by atoms with E-state index in [-0.39, 0.29) is 18.0 Å². The van der Waals surface area contributed by atoms with Gasteiger partial charge in [-0.1, -0.05) is 17.7 Å². The molecule has 1 aliphatic heterocycles. The molecular formula is C17H15ClFNO3. The summed E-state index contributed by atoms with van der Waals surface area (Å²) in [5.74, 6) is 0.331. The lowest BCUT2D eigenvalue weighted by atomic mass is 10.1. The van der Waals surface area contributed by atoms with Crippen molar-refractivity contribution in [3.63, 3.8) is 0 Å². The summed E-state index contributed by atoms with van der Waals surface area (Å²) in [5.41, 5.74) is 1.55. The number of hydrogen-bond donors (Lipinski definition) is 1. The number of fused-ring (bicyclic) bond motifs is 1. The van der Waals surface area contributed by atoms with Crippen molar-refractivity contribution in [2.45, 2.75) is 13.5 Å². The third kappa shape index (κ3) is 3.40. The Kier molecular flexibility index (Phi) is 4.39. The van der Waals surface area contributed by atoms with Gasteiger partial charge in [-0.3, -0.25) is 4.79 Å². The topological polar surface area (TPSA) is 47.6 Å². The molecule has 0 saturated heterocycles. The smallest absolute Gasteiger partial charge is 0.251 e. The van der Waals surface area contributed by atoms with Crippen LogP contribution < -0.4 is 14.8 Å². The Balaban J connectivity index is 1.71. The molecule has 1 amide bonds. The molecule has 0 bridgehead atoms. The Hall–Kier alpha value is -2.27. The Morgan fingerprint density at radius 2 is 2.04 bits per heavy atom. The van der Waals surface area contributed by atoms with Crippen molar-refractivity contribution in [3.05, 3.63) is 57.9 Å². The molecule has 4 nitrogen and oxygen atoms in total. The summed E-state index contributed by atoms with van der Waals surface area (Å²) in [6.45, 7) is 2.82. The summed E-state index contributed by atoms with van der Waals surface area (Å²) in [7, 11) is 0. The first kappa shape index (κ1) is 15.6. The van der Waals surface area contributed by atoms with Crippen LogP contribution in [0.15, 0.2) is 30.3 Å². The second-order valence-corrected chi connectivity index (χ2v) is 5.66. The van der Waals surface area contributed by atoms with Gasteiger partial charge >= 0.3 is 0 Å². The van der Waals surface area contributed by atoms with Gasteiger partial charge in [-0.2, -0.15) is 0 Å². The van der Waals surface area contributed by atoms with Gasteiger partial charge in [0.05, 0.1) is 5.02 Å². The molecule has 2 aromatic rings. The van der Waals surface area contributed by atoms with Gasteiger partial charge in [-0.25, -0.2) is 4.39 Å². The molecule has 0 fully saturated rings. The Bertz CT molecular complexity index is 764. The van der Waals surface area contributed by atoms with E-state index in [9.17, 15) is 9.18 Å².